The quantitative estimate of drug-likeness (QED) is 0.846. The smallest absolute Gasteiger partial charge is 0.351 e. The van der Waals surface area contributed by atoms with Gasteiger partial charge in [-0.1, -0.05) is 11.6 Å². The normalized spacial score (nSPS) is 17.6. The minimum absolute atomic E-state index is 0.0543. The van der Waals surface area contributed by atoms with E-state index in [2.05, 4.69) is 0 Å². The molecule has 1 aliphatic rings. The summed E-state index contributed by atoms with van der Waals surface area (Å²) in [5.74, 6) is 0. The van der Waals surface area contributed by atoms with E-state index in [1.165, 1.54) is 4.90 Å². The Morgan fingerprint density at radius 2 is 1.83 bits per heavy atom. The monoisotopic (exact) mass is 385 g/mol. The highest BCUT2D eigenvalue weighted by atomic mass is 35.5. The molecule has 0 unspecified atom stereocenters. The molecule has 2 N–H and O–H groups in total. The van der Waals surface area contributed by atoms with Crippen LogP contribution in [0.15, 0.2) is 23.1 Å². The minimum Gasteiger partial charge on any atom is -0.351 e. The lowest BCUT2D eigenvalue weighted by molar-refractivity contribution is -0.137. The van der Waals surface area contributed by atoms with Gasteiger partial charge in [-0.05, 0) is 24.6 Å². The van der Waals surface area contributed by atoms with E-state index >= 15 is 0 Å². The Labute approximate surface area is 142 Å². The minimum atomic E-state index is -4.68. The molecule has 2 amide bonds. The molecule has 0 saturated carbocycles. The van der Waals surface area contributed by atoms with E-state index in [-0.39, 0.29) is 31.2 Å². The van der Waals surface area contributed by atoms with Gasteiger partial charge in [-0.25, -0.2) is 13.2 Å². The van der Waals surface area contributed by atoms with Crippen molar-refractivity contribution in [2.45, 2.75) is 17.5 Å². The molecule has 134 valence electrons. The van der Waals surface area contributed by atoms with Crippen LogP contribution in [0.4, 0.5) is 18.0 Å². The number of primary amides is 1. The largest absolute Gasteiger partial charge is 0.416 e. The molecular weight excluding hydrogens is 371 g/mol. The summed E-state index contributed by atoms with van der Waals surface area (Å²) in [5, 5.41) is -0.293. The predicted molar refractivity (Wildman–Crippen MR) is 81.0 cm³/mol. The maximum Gasteiger partial charge on any atom is 0.416 e. The van der Waals surface area contributed by atoms with Crippen molar-refractivity contribution in [1.29, 1.82) is 0 Å². The fourth-order valence-electron chi connectivity index (χ4n) is 2.37. The molecular formula is C13H15ClF3N3O3S. The summed E-state index contributed by atoms with van der Waals surface area (Å²) >= 11 is 5.81. The molecule has 24 heavy (non-hydrogen) atoms. The molecule has 1 heterocycles. The highest BCUT2D eigenvalue weighted by Gasteiger charge is 2.35. The molecule has 6 nitrogen and oxygen atoms in total. The van der Waals surface area contributed by atoms with E-state index in [0.717, 1.165) is 16.4 Å². The Morgan fingerprint density at radius 3 is 2.42 bits per heavy atom. The third-order valence-electron chi connectivity index (χ3n) is 3.64. The van der Waals surface area contributed by atoms with Crippen molar-refractivity contribution < 1.29 is 26.4 Å². The summed E-state index contributed by atoms with van der Waals surface area (Å²) in [6, 6.07) is 1.48. The van der Waals surface area contributed by atoms with E-state index in [4.69, 9.17) is 17.3 Å². The number of carbonyl (C=O) groups excluding carboxylic acids is 1. The second-order valence-electron chi connectivity index (χ2n) is 5.23. The summed E-state index contributed by atoms with van der Waals surface area (Å²) in [6.07, 6.45) is -4.37. The van der Waals surface area contributed by atoms with Crippen LogP contribution < -0.4 is 5.73 Å². The van der Waals surface area contributed by atoms with Crippen LogP contribution in [-0.4, -0.2) is 49.8 Å². The number of benzene rings is 1. The molecule has 1 aliphatic heterocycles. The number of alkyl halides is 3. The number of nitrogens with zero attached hydrogens (tertiary/aromatic N) is 2. The zero-order valence-electron chi connectivity index (χ0n) is 12.4. The van der Waals surface area contributed by atoms with Crippen LogP contribution >= 0.6 is 11.6 Å². The van der Waals surface area contributed by atoms with Gasteiger partial charge in [0.2, 0.25) is 10.0 Å². The number of hydrogen-bond acceptors (Lipinski definition) is 3. The molecule has 0 atom stereocenters. The average Bonchev–Trinajstić information content (AvgIpc) is 2.72. The number of halogens is 4. The molecule has 1 aromatic carbocycles. The van der Waals surface area contributed by atoms with Crippen LogP contribution in [0.1, 0.15) is 12.0 Å². The van der Waals surface area contributed by atoms with Gasteiger partial charge in [-0.15, -0.1) is 0 Å². The third-order valence-corrected chi connectivity index (χ3v) is 6.02. The van der Waals surface area contributed by atoms with Crippen molar-refractivity contribution in [3.05, 3.63) is 28.8 Å². The Morgan fingerprint density at radius 1 is 1.17 bits per heavy atom. The molecule has 0 aliphatic carbocycles. The zero-order valence-corrected chi connectivity index (χ0v) is 14.0. The van der Waals surface area contributed by atoms with E-state index in [1.54, 1.807) is 0 Å². The summed E-state index contributed by atoms with van der Waals surface area (Å²) in [6.45, 7) is 0.319. The van der Waals surface area contributed by atoms with Gasteiger partial charge < -0.3 is 10.6 Å². The van der Waals surface area contributed by atoms with E-state index in [0.29, 0.717) is 12.5 Å². The lowest BCUT2D eigenvalue weighted by Crippen LogP contribution is -2.39. The molecule has 0 aromatic heterocycles. The van der Waals surface area contributed by atoms with E-state index in [1.807, 2.05) is 0 Å². The average molecular weight is 386 g/mol. The van der Waals surface area contributed by atoms with Gasteiger partial charge in [0.15, 0.2) is 0 Å². The van der Waals surface area contributed by atoms with Crippen LogP contribution in [0, 0.1) is 0 Å². The van der Waals surface area contributed by atoms with Crippen LogP contribution in [0.3, 0.4) is 0 Å². The van der Waals surface area contributed by atoms with Crippen molar-refractivity contribution in [1.82, 2.24) is 9.21 Å². The Bertz CT molecular complexity index is 740. The van der Waals surface area contributed by atoms with Crippen molar-refractivity contribution >= 4 is 27.7 Å². The first-order chi connectivity index (χ1) is 11.0. The van der Waals surface area contributed by atoms with Crippen LogP contribution in [0.25, 0.3) is 0 Å². The molecule has 11 heteroatoms. The molecule has 1 saturated heterocycles. The number of rotatable bonds is 2. The number of urea groups is 1. The van der Waals surface area contributed by atoms with Crippen molar-refractivity contribution in [2.75, 3.05) is 26.2 Å². The van der Waals surface area contributed by atoms with E-state index in [9.17, 15) is 26.4 Å². The van der Waals surface area contributed by atoms with Gasteiger partial charge in [0.1, 0.15) is 4.90 Å². The highest BCUT2D eigenvalue weighted by molar-refractivity contribution is 7.89. The number of nitrogens with two attached hydrogens (primary N) is 1. The van der Waals surface area contributed by atoms with E-state index < -0.39 is 32.7 Å². The van der Waals surface area contributed by atoms with Gasteiger partial charge in [-0.3, -0.25) is 0 Å². The molecule has 1 aromatic rings. The van der Waals surface area contributed by atoms with Gasteiger partial charge in [0.05, 0.1) is 10.6 Å². The number of hydrogen-bond donors (Lipinski definition) is 1. The van der Waals surface area contributed by atoms with Crippen LogP contribution in [0.2, 0.25) is 5.02 Å². The van der Waals surface area contributed by atoms with Crippen molar-refractivity contribution in [3.8, 4) is 0 Å². The van der Waals surface area contributed by atoms with Gasteiger partial charge in [0.25, 0.3) is 0 Å². The number of sulfonamides is 1. The first-order valence-electron chi connectivity index (χ1n) is 6.95. The molecule has 2 rings (SSSR count). The fraction of sp³-hybridized carbons (Fsp3) is 0.462. The number of amides is 2. The first kappa shape index (κ1) is 18.8. The lowest BCUT2D eigenvalue weighted by atomic mass is 10.2. The van der Waals surface area contributed by atoms with Gasteiger partial charge in [0, 0.05) is 26.2 Å². The standard InChI is InChI=1S/C13H15ClF3N3O3S/c14-10-3-2-9(13(15,16)17)8-11(10)24(22,23)20-5-1-4-19(6-7-20)12(18)21/h2-3,8H,1,4-7H2,(H2,18,21). The summed E-state index contributed by atoms with van der Waals surface area (Å²) < 4.78 is 64.8. The zero-order chi connectivity index (χ0) is 18.1. The maximum absolute atomic E-state index is 12.8. The Kier molecular flexibility index (Phi) is 5.31. The number of carbonyl (C=O) groups is 1. The van der Waals surface area contributed by atoms with Crippen LogP contribution in [0.5, 0.6) is 0 Å². The molecule has 0 bridgehead atoms. The summed E-state index contributed by atoms with van der Waals surface area (Å²) in [7, 11) is -4.23. The van der Waals surface area contributed by atoms with Crippen molar-refractivity contribution in [2.24, 2.45) is 5.73 Å². The molecule has 1 fully saturated rings. The van der Waals surface area contributed by atoms with Crippen LogP contribution in [-0.2, 0) is 16.2 Å². The first-order valence-corrected chi connectivity index (χ1v) is 8.76. The lowest BCUT2D eigenvalue weighted by Gasteiger charge is -2.22. The SMILES string of the molecule is NC(=O)N1CCCN(S(=O)(=O)c2cc(C(F)(F)F)ccc2Cl)CC1. The predicted octanol–water partition coefficient (Wildman–Crippen LogP) is 2.13. The second kappa shape index (κ2) is 6.77. The summed E-state index contributed by atoms with van der Waals surface area (Å²) in [5.41, 5.74) is 4.07. The molecule has 0 spiro atoms. The third kappa shape index (κ3) is 3.93. The van der Waals surface area contributed by atoms with Crippen molar-refractivity contribution in [3.63, 3.8) is 0 Å². The second-order valence-corrected chi connectivity index (χ2v) is 7.54. The Balaban J connectivity index is 2.35. The highest BCUT2D eigenvalue weighted by Crippen LogP contribution is 2.34. The molecule has 0 radical (unpaired) electrons. The van der Waals surface area contributed by atoms with Gasteiger partial charge >= 0.3 is 12.2 Å². The topological polar surface area (TPSA) is 83.7 Å². The maximum atomic E-state index is 12.8. The fourth-order valence-corrected chi connectivity index (χ4v) is 4.34. The Hall–Kier alpha value is -1.52. The van der Waals surface area contributed by atoms with Gasteiger partial charge in [-0.2, -0.15) is 17.5 Å². The summed E-state index contributed by atoms with van der Waals surface area (Å²) in [4.78, 5) is 11.9.